The highest BCUT2D eigenvalue weighted by Crippen LogP contribution is 2.14. The van der Waals surface area contributed by atoms with Crippen LogP contribution >= 0.6 is 56.8 Å². The largest absolute Gasteiger partial charge is 0.319 e. The van der Waals surface area contributed by atoms with Gasteiger partial charge in [-0.2, -0.15) is 0 Å². The second kappa shape index (κ2) is 4.91. The van der Waals surface area contributed by atoms with E-state index in [1.807, 2.05) is 4.57 Å². The fourth-order valence-electron chi connectivity index (χ4n) is 1.05. The van der Waals surface area contributed by atoms with Crippen LogP contribution in [-0.4, -0.2) is 19.5 Å². The molecule has 0 aliphatic carbocycles. The summed E-state index contributed by atoms with van der Waals surface area (Å²) in [6.45, 7) is 0.665. The first-order chi connectivity index (χ1) is 7.16. The lowest BCUT2D eigenvalue weighted by Gasteiger charge is -2.02. The van der Waals surface area contributed by atoms with Crippen molar-refractivity contribution in [3.05, 3.63) is 37.0 Å². The van der Waals surface area contributed by atoms with Crippen LogP contribution in [0.15, 0.2) is 18.7 Å². The van der Waals surface area contributed by atoms with Gasteiger partial charge >= 0.3 is 0 Å². The van der Waals surface area contributed by atoms with Gasteiger partial charge in [0.15, 0.2) is 0 Å². The zero-order valence-corrected chi connectivity index (χ0v) is 12.4. The van der Waals surface area contributed by atoms with Crippen molar-refractivity contribution in [2.45, 2.75) is 6.54 Å². The minimum Gasteiger partial charge on any atom is -0.319 e. The van der Waals surface area contributed by atoms with Crippen molar-refractivity contribution in [1.82, 2.24) is 19.5 Å². The van der Waals surface area contributed by atoms with E-state index in [1.54, 1.807) is 18.7 Å². The molecule has 0 amide bonds. The van der Waals surface area contributed by atoms with Gasteiger partial charge in [-0.25, -0.2) is 9.97 Å². The molecule has 78 valence electrons. The summed E-state index contributed by atoms with van der Waals surface area (Å²) in [5.74, 6) is 0. The normalized spacial score (nSPS) is 10.6. The molecular weight excluding hydrogens is 441 g/mol. The molecule has 4 nitrogen and oxygen atoms in total. The number of hydrogen-bond acceptors (Lipinski definition) is 3. The monoisotopic (exact) mass is 446 g/mol. The standard InChI is InChI=1S/C8H5ClI2N4/c9-6-2-12-5(1-13-6)3-15-4-14-7(10)8(15)11/h1-2,4H,3H2. The maximum Gasteiger partial charge on any atom is 0.147 e. The van der Waals surface area contributed by atoms with Gasteiger partial charge in [0, 0.05) is 0 Å². The first kappa shape index (κ1) is 11.5. The molecule has 15 heavy (non-hydrogen) atoms. The molecule has 0 aromatic carbocycles. The van der Waals surface area contributed by atoms with Gasteiger partial charge in [-0.1, -0.05) is 11.6 Å². The summed E-state index contributed by atoms with van der Waals surface area (Å²) in [6.07, 6.45) is 5.01. The van der Waals surface area contributed by atoms with Crippen molar-refractivity contribution in [3.63, 3.8) is 0 Å². The van der Waals surface area contributed by atoms with Gasteiger partial charge in [0.05, 0.1) is 31.0 Å². The van der Waals surface area contributed by atoms with Crippen molar-refractivity contribution in [1.29, 1.82) is 0 Å². The van der Waals surface area contributed by atoms with Crippen molar-refractivity contribution in [2.24, 2.45) is 0 Å². The van der Waals surface area contributed by atoms with Crippen LogP contribution < -0.4 is 0 Å². The molecule has 0 fully saturated rings. The van der Waals surface area contributed by atoms with Crippen LogP contribution in [0, 0.1) is 7.40 Å². The summed E-state index contributed by atoms with van der Waals surface area (Å²) in [6, 6.07) is 0. The molecule has 2 heterocycles. The Kier molecular flexibility index (Phi) is 3.78. The molecule has 0 aliphatic rings. The Morgan fingerprint density at radius 2 is 2.00 bits per heavy atom. The van der Waals surface area contributed by atoms with E-state index in [0.29, 0.717) is 11.7 Å². The second-order valence-corrected chi connectivity index (χ2v) is 5.22. The Labute approximate surface area is 119 Å². The molecule has 2 aromatic rings. The number of halogens is 3. The fraction of sp³-hybridized carbons (Fsp3) is 0.125. The van der Waals surface area contributed by atoms with E-state index in [1.165, 1.54) is 0 Å². The average molecular weight is 446 g/mol. The molecule has 0 aliphatic heterocycles. The van der Waals surface area contributed by atoms with Crippen molar-refractivity contribution in [3.8, 4) is 0 Å². The van der Waals surface area contributed by atoms with E-state index < -0.39 is 0 Å². The minimum atomic E-state index is 0.411. The zero-order chi connectivity index (χ0) is 10.8. The SMILES string of the molecule is Clc1cnc(Cn2cnc(I)c2I)cn1. The smallest absolute Gasteiger partial charge is 0.147 e. The summed E-state index contributed by atoms with van der Waals surface area (Å²) >= 11 is 10.1. The van der Waals surface area contributed by atoms with E-state index in [-0.39, 0.29) is 0 Å². The molecule has 0 N–H and O–H groups in total. The van der Waals surface area contributed by atoms with Crippen LogP contribution in [0.25, 0.3) is 0 Å². The molecule has 2 rings (SSSR count). The quantitative estimate of drug-likeness (QED) is 0.667. The molecule has 2 aromatic heterocycles. The average Bonchev–Trinajstić information content (AvgIpc) is 2.53. The number of rotatable bonds is 2. The van der Waals surface area contributed by atoms with Crippen LogP contribution in [0.2, 0.25) is 5.15 Å². The first-order valence-corrected chi connectivity index (χ1v) is 6.53. The maximum absolute atomic E-state index is 5.65. The summed E-state index contributed by atoms with van der Waals surface area (Å²) in [4.78, 5) is 12.3. The number of hydrogen-bond donors (Lipinski definition) is 0. The van der Waals surface area contributed by atoms with E-state index in [4.69, 9.17) is 11.6 Å². The Morgan fingerprint density at radius 1 is 1.20 bits per heavy atom. The van der Waals surface area contributed by atoms with Gasteiger partial charge in [0.2, 0.25) is 0 Å². The summed E-state index contributed by atoms with van der Waals surface area (Å²) in [5, 5.41) is 0.411. The van der Waals surface area contributed by atoms with Crippen LogP contribution in [0.1, 0.15) is 5.69 Å². The lowest BCUT2D eigenvalue weighted by molar-refractivity contribution is 0.750. The molecular formula is C8H5ClI2N4. The van der Waals surface area contributed by atoms with Gasteiger partial charge in [-0.15, -0.1) is 0 Å². The van der Waals surface area contributed by atoms with Crippen LogP contribution in [0.5, 0.6) is 0 Å². The topological polar surface area (TPSA) is 43.6 Å². The predicted octanol–water partition coefficient (Wildman–Crippen LogP) is 2.58. The van der Waals surface area contributed by atoms with Gasteiger partial charge in [-0.05, 0) is 45.2 Å². The molecule has 0 saturated carbocycles. The molecule has 0 saturated heterocycles. The Morgan fingerprint density at radius 3 is 2.53 bits per heavy atom. The third-order valence-electron chi connectivity index (χ3n) is 1.74. The minimum absolute atomic E-state index is 0.411. The summed E-state index contributed by atoms with van der Waals surface area (Å²) in [7, 11) is 0. The van der Waals surface area contributed by atoms with Gasteiger partial charge in [0.1, 0.15) is 12.6 Å². The highest BCUT2D eigenvalue weighted by molar-refractivity contribution is 14.1. The fourth-order valence-corrected chi connectivity index (χ4v) is 2.01. The van der Waals surface area contributed by atoms with E-state index in [9.17, 15) is 0 Å². The molecule has 0 bridgehead atoms. The molecule has 0 spiro atoms. The summed E-state index contributed by atoms with van der Waals surface area (Å²) < 4.78 is 4.11. The number of aromatic nitrogens is 4. The highest BCUT2D eigenvalue weighted by atomic mass is 127. The third-order valence-corrected chi connectivity index (χ3v) is 4.89. The number of imidazole rings is 1. The van der Waals surface area contributed by atoms with Crippen molar-refractivity contribution in [2.75, 3.05) is 0 Å². The van der Waals surface area contributed by atoms with Gasteiger partial charge < -0.3 is 4.57 Å². The Bertz CT molecular complexity index is 468. The van der Waals surface area contributed by atoms with Crippen LogP contribution in [0.4, 0.5) is 0 Å². The predicted molar refractivity (Wildman–Crippen MR) is 73.8 cm³/mol. The zero-order valence-electron chi connectivity index (χ0n) is 7.36. The van der Waals surface area contributed by atoms with E-state index in [0.717, 1.165) is 13.1 Å². The van der Waals surface area contributed by atoms with Gasteiger partial charge in [-0.3, -0.25) is 4.98 Å². The van der Waals surface area contributed by atoms with Crippen LogP contribution in [0.3, 0.4) is 0 Å². The molecule has 0 atom stereocenters. The molecule has 0 radical (unpaired) electrons. The molecule has 7 heteroatoms. The van der Waals surface area contributed by atoms with Crippen molar-refractivity contribution >= 4 is 56.8 Å². The Hall–Kier alpha value is 0.0400. The van der Waals surface area contributed by atoms with Crippen molar-refractivity contribution < 1.29 is 0 Å². The molecule has 0 unspecified atom stereocenters. The lowest BCUT2D eigenvalue weighted by Crippen LogP contribution is -2.03. The Balaban J connectivity index is 2.22. The first-order valence-electron chi connectivity index (χ1n) is 3.99. The van der Waals surface area contributed by atoms with E-state index in [2.05, 4.69) is 60.1 Å². The second-order valence-electron chi connectivity index (χ2n) is 2.78. The number of nitrogens with zero attached hydrogens (tertiary/aromatic N) is 4. The van der Waals surface area contributed by atoms with Gasteiger partial charge in [0.25, 0.3) is 0 Å². The summed E-state index contributed by atoms with van der Waals surface area (Å²) in [5.41, 5.74) is 0.867. The third kappa shape index (κ3) is 2.78. The highest BCUT2D eigenvalue weighted by Gasteiger charge is 2.06. The maximum atomic E-state index is 5.65. The lowest BCUT2D eigenvalue weighted by atomic mass is 10.4. The van der Waals surface area contributed by atoms with E-state index >= 15 is 0 Å². The van der Waals surface area contributed by atoms with Crippen LogP contribution in [-0.2, 0) is 6.54 Å².